The second kappa shape index (κ2) is 6.89. The summed E-state index contributed by atoms with van der Waals surface area (Å²) in [5.74, 6) is -0.0905. The van der Waals surface area contributed by atoms with Crippen LogP contribution in [0.2, 0.25) is 0 Å². The topological polar surface area (TPSA) is 26.3 Å². The van der Waals surface area contributed by atoms with E-state index in [9.17, 15) is 4.79 Å². The van der Waals surface area contributed by atoms with Gasteiger partial charge in [0.15, 0.2) is 0 Å². The van der Waals surface area contributed by atoms with Gasteiger partial charge in [-0.15, -0.1) is 0 Å². The van der Waals surface area contributed by atoms with Crippen LogP contribution in [0.15, 0.2) is 11.1 Å². The molecule has 0 aromatic rings. The van der Waals surface area contributed by atoms with Crippen molar-refractivity contribution in [1.82, 2.24) is 0 Å². The first-order valence-electron chi connectivity index (χ1n) is 5.00. The summed E-state index contributed by atoms with van der Waals surface area (Å²) in [6.07, 6.45) is 3.79. The molecule has 0 fully saturated rings. The Bertz CT molecular complexity index is 191. The van der Waals surface area contributed by atoms with Gasteiger partial charge in [0.25, 0.3) is 0 Å². The lowest BCUT2D eigenvalue weighted by Gasteiger charge is -2.10. The molecule has 0 saturated carbocycles. The van der Waals surface area contributed by atoms with E-state index in [2.05, 4.69) is 20.8 Å². The zero-order valence-electron chi connectivity index (χ0n) is 9.14. The van der Waals surface area contributed by atoms with Gasteiger partial charge in [0.05, 0.1) is 0 Å². The number of rotatable bonds is 5. The Morgan fingerprint density at radius 1 is 1.23 bits per heavy atom. The molecule has 0 atom stereocenters. The second-order valence-electron chi connectivity index (χ2n) is 3.03. The number of hydrogen-bond acceptors (Lipinski definition) is 2. The number of allylic oxidation sites excluding steroid dienone is 1. The second-order valence-corrected chi connectivity index (χ2v) is 3.44. The zero-order valence-corrected chi connectivity index (χ0v) is 11.1. The molecule has 0 spiro atoms. The van der Waals surface area contributed by atoms with Gasteiger partial charge in [0.1, 0.15) is 0 Å². The highest BCUT2D eigenvalue weighted by molar-refractivity contribution is 6.09. The molecule has 0 bridgehead atoms. The molecule has 0 unspecified atom stereocenters. The fraction of sp³-hybridized carbons (Fsp3) is 0.700. The van der Waals surface area contributed by atoms with Crippen molar-refractivity contribution in [3.63, 3.8) is 0 Å². The predicted molar refractivity (Wildman–Crippen MR) is 58.5 cm³/mol. The molecule has 13 heavy (non-hydrogen) atoms. The summed E-state index contributed by atoms with van der Waals surface area (Å²) in [7, 11) is 0.495. The molecular weight excluding hydrogens is 180 g/mol. The molecule has 2 nitrogen and oxygen atoms in total. The molecule has 0 radical (unpaired) electrons. The lowest BCUT2D eigenvalue weighted by Crippen LogP contribution is -2.08. The minimum atomic E-state index is -0.0905. The third kappa shape index (κ3) is 3.76. The van der Waals surface area contributed by atoms with Crippen molar-refractivity contribution < 1.29 is 9.22 Å². The van der Waals surface area contributed by atoms with E-state index >= 15 is 0 Å². The van der Waals surface area contributed by atoms with Gasteiger partial charge < -0.3 is 4.43 Å². The molecule has 0 aliphatic rings. The highest BCUT2D eigenvalue weighted by Gasteiger charge is 2.11. The first-order chi connectivity index (χ1) is 6.21. The highest BCUT2D eigenvalue weighted by Crippen LogP contribution is 2.18. The van der Waals surface area contributed by atoms with Gasteiger partial charge in [0, 0.05) is 5.57 Å². The minimum Gasteiger partial charge on any atom is -0.525 e. The van der Waals surface area contributed by atoms with Crippen LogP contribution in [0.5, 0.6) is 0 Å². The fourth-order valence-electron chi connectivity index (χ4n) is 1.47. The van der Waals surface area contributed by atoms with Crippen molar-refractivity contribution in [2.45, 2.75) is 46.5 Å². The Morgan fingerprint density at radius 3 is 2.08 bits per heavy atom. The van der Waals surface area contributed by atoms with Crippen LogP contribution in [-0.2, 0) is 9.22 Å². The molecule has 0 amide bonds. The van der Waals surface area contributed by atoms with E-state index in [-0.39, 0.29) is 5.97 Å². The summed E-state index contributed by atoms with van der Waals surface area (Å²) in [6.45, 7) is 6.27. The predicted octanol–water partition coefficient (Wildman–Crippen LogP) is 1.73. The van der Waals surface area contributed by atoms with E-state index in [1.54, 1.807) is 0 Å². The average molecular weight is 200 g/mol. The molecule has 0 heterocycles. The standard InChI is InChI=1S/C10H20O2Si/c1-4-7-9(10(11)12-13)8(5-2)6-3/h4-7H2,1-3,13H3. The van der Waals surface area contributed by atoms with Gasteiger partial charge >= 0.3 is 5.97 Å². The van der Waals surface area contributed by atoms with Crippen LogP contribution < -0.4 is 0 Å². The average Bonchev–Trinajstić information content (AvgIpc) is 2.17. The van der Waals surface area contributed by atoms with Gasteiger partial charge in [0.2, 0.25) is 10.5 Å². The number of carbonyl (C=O) groups excluding carboxylic acids is 1. The van der Waals surface area contributed by atoms with Crippen LogP contribution >= 0.6 is 0 Å². The van der Waals surface area contributed by atoms with Gasteiger partial charge in [-0.05, 0) is 19.3 Å². The maximum absolute atomic E-state index is 11.4. The molecule has 0 saturated heterocycles. The van der Waals surface area contributed by atoms with Gasteiger partial charge in [-0.1, -0.05) is 32.8 Å². The summed E-state index contributed by atoms with van der Waals surface area (Å²) >= 11 is 0. The monoisotopic (exact) mass is 200 g/mol. The molecule has 76 valence electrons. The van der Waals surface area contributed by atoms with Crippen LogP contribution in [0.3, 0.4) is 0 Å². The lowest BCUT2D eigenvalue weighted by atomic mass is 10.00. The molecule has 0 N–H and O–H groups in total. The van der Waals surface area contributed by atoms with Gasteiger partial charge in [-0.2, -0.15) is 0 Å². The summed E-state index contributed by atoms with van der Waals surface area (Å²) in [5, 5.41) is 0. The van der Waals surface area contributed by atoms with Crippen molar-refractivity contribution >= 4 is 16.5 Å². The van der Waals surface area contributed by atoms with E-state index in [1.807, 2.05) is 0 Å². The van der Waals surface area contributed by atoms with Crippen LogP contribution in [0.1, 0.15) is 46.5 Å². The van der Waals surface area contributed by atoms with Gasteiger partial charge in [-0.25, -0.2) is 4.79 Å². The van der Waals surface area contributed by atoms with Crippen LogP contribution in [0.4, 0.5) is 0 Å². The third-order valence-corrected chi connectivity index (χ3v) is 2.58. The molecule has 0 aliphatic carbocycles. The summed E-state index contributed by atoms with van der Waals surface area (Å²) < 4.78 is 4.89. The van der Waals surface area contributed by atoms with E-state index in [1.165, 1.54) is 5.57 Å². The smallest absolute Gasteiger partial charge is 0.319 e. The molecule has 0 aliphatic heterocycles. The Kier molecular flexibility index (Phi) is 6.59. The first-order valence-corrected chi connectivity index (χ1v) is 5.81. The molecule has 0 rings (SSSR count). The minimum absolute atomic E-state index is 0.0905. The van der Waals surface area contributed by atoms with Crippen molar-refractivity contribution in [3.05, 3.63) is 11.1 Å². The van der Waals surface area contributed by atoms with E-state index in [0.717, 1.165) is 31.3 Å². The Labute approximate surface area is 83.9 Å². The number of hydrogen-bond donors (Lipinski definition) is 0. The van der Waals surface area contributed by atoms with Crippen LogP contribution in [0, 0.1) is 0 Å². The zero-order chi connectivity index (χ0) is 10.3. The molecular formula is C10H20O2Si. The Hall–Kier alpha value is -0.573. The highest BCUT2D eigenvalue weighted by atomic mass is 28.2. The maximum Gasteiger partial charge on any atom is 0.319 e. The third-order valence-electron chi connectivity index (χ3n) is 2.21. The van der Waals surface area contributed by atoms with E-state index in [0.29, 0.717) is 10.5 Å². The fourth-order valence-corrected chi connectivity index (χ4v) is 1.72. The van der Waals surface area contributed by atoms with Crippen molar-refractivity contribution in [2.75, 3.05) is 0 Å². The SMILES string of the molecule is CCCC(C(=O)O[SiH3])=C(CC)CC. The van der Waals surface area contributed by atoms with Crippen molar-refractivity contribution in [2.24, 2.45) is 0 Å². The molecule has 0 aromatic heterocycles. The summed E-state index contributed by atoms with van der Waals surface area (Å²) in [4.78, 5) is 11.4. The van der Waals surface area contributed by atoms with Gasteiger partial charge in [-0.3, -0.25) is 0 Å². The molecule has 0 aromatic carbocycles. The van der Waals surface area contributed by atoms with Crippen molar-refractivity contribution in [1.29, 1.82) is 0 Å². The molecule has 3 heteroatoms. The quantitative estimate of drug-likeness (QED) is 0.499. The Morgan fingerprint density at radius 2 is 1.77 bits per heavy atom. The Balaban J connectivity index is 4.72. The van der Waals surface area contributed by atoms with E-state index in [4.69, 9.17) is 4.43 Å². The summed E-state index contributed by atoms with van der Waals surface area (Å²) in [6, 6.07) is 0. The van der Waals surface area contributed by atoms with Crippen LogP contribution in [-0.4, -0.2) is 16.5 Å². The largest absolute Gasteiger partial charge is 0.525 e. The van der Waals surface area contributed by atoms with Crippen LogP contribution in [0.25, 0.3) is 0 Å². The first kappa shape index (κ1) is 12.4. The number of carbonyl (C=O) groups is 1. The maximum atomic E-state index is 11.4. The summed E-state index contributed by atoms with van der Waals surface area (Å²) in [5.41, 5.74) is 2.17. The lowest BCUT2D eigenvalue weighted by molar-refractivity contribution is -0.130. The normalized spacial score (nSPS) is 9.77. The van der Waals surface area contributed by atoms with E-state index < -0.39 is 0 Å². The van der Waals surface area contributed by atoms with Crippen molar-refractivity contribution in [3.8, 4) is 0 Å².